The molecular formula is C18H10O4. The van der Waals surface area contributed by atoms with Crippen LogP contribution in [0.3, 0.4) is 0 Å². The number of aryl methyl sites for hydroxylation is 2. The van der Waals surface area contributed by atoms with Gasteiger partial charge in [-0.25, -0.2) is 0 Å². The first-order chi connectivity index (χ1) is 10.4. The Hall–Kier alpha value is -2.88. The van der Waals surface area contributed by atoms with Gasteiger partial charge in [-0.3, -0.25) is 19.2 Å². The maximum atomic E-state index is 12.4. The summed E-state index contributed by atoms with van der Waals surface area (Å²) in [6, 6.07) is 6.42. The van der Waals surface area contributed by atoms with Gasteiger partial charge in [0, 0.05) is 32.7 Å². The van der Waals surface area contributed by atoms with E-state index in [0.717, 1.165) is 0 Å². The summed E-state index contributed by atoms with van der Waals surface area (Å²) in [5.74, 6) is 0. The fourth-order valence-corrected chi connectivity index (χ4v) is 3.32. The van der Waals surface area contributed by atoms with Crippen LogP contribution in [0.2, 0.25) is 0 Å². The Bertz CT molecular complexity index is 1070. The van der Waals surface area contributed by atoms with Crippen molar-refractivity contribution in [3.05, 3.63) is 76.3 Å². The van der Waals surface area contributed by atoms with E-state index in [1.54, 1.807) is 38.1 Å². The smallest absolute Gasteiger partial charge is 0.234 e. The Morgan fingerprint density at radius 2 is 0.727 bits per heavy atom. The molecule has 2 aromatic carbocycles. The van der Waals surface area contributed by atoms with Crippen LogP contribution in [-0.2, 0) is 0 Å². The van der Waals surface area contributed by atoms with E-state index in [1.807, 2.05) is 0 Å². The summed E-state index contributed by atoms with van der Waals surface area (Å²) in [7, 11) is 0. The number of rotatable bonds is 0. The average Bonchev–Trinajstić information content (AvgIpc) is 2.48. The Morgan fingerprint density at radius 1 is 0.500 bits per heavy atom. The van der Waals surface area contributed by atoms with Gasteiger partial charge in [-0.15, -0.1) is 0 Å². The summed E-state index contributed by atoms with van der Waals surface area (Å²) in [5, 5.41) is 0.883. The Balaban J connectivity index is 2.61. The molecule has 4 rings (SSSR count). The van der Waals surface area contributed by atoms with Crippen LogP contribution in [-0.4, -0.2) is 0 Å². The third-order valence-corrected chi connectivity index (χ3v) is 4.21. The van der Waals surface area contributed by atoms with Crippen LogP contribution in [0.1, 0.15) is 11.1 Å². The highest BCUT2D eigenvalue weighted by molar-refractivity contribution is 6.11. The minimum atomic E-state index is -0.619. The molecule has 22 heavy (non-hydrogen) atoms. The molecule has 0 N–H and O–H groups in total. The molecule has 0 fully saturated rings. The second-order valence-corrected chi connectivity index (χ2v) is 5.79. The third kappa shape index (κ3) is 1.36. The van der Waals surface area contributed by atoms with Crippen molar-refractivity contribution >= 4 is 21.5 Å². The minimum absolute atomic E-state index is 0.221. The van der Waals surface area contributed by atoms with Crippen LogP contribution < -0.4 is 21.7 Å². The maximum Gasteiger partial charge on any atom is 0.234 e. The van der Waals surface area contributed by atoms with Crippen molar-refractivity contribution < 1.29 is 0 Å². The molecular weight excluding hydrogens is 280 g/mol. The maximum absolute atomic E-state index is 12.4. The van der Waals surface area contributed by atoms with E-state index < -0.39 is 21.7 Å². The molecule has 0 aromatic heterocycles. The van der Waals surface area contributed by atoms with Gasteiger partial charge < -0.3 is 0 Å². The fourth-order valence-electron chi connectivity index (χ4n) is 3.32. The van der Waals surface area contributed by atoms with Crippen LogP contribution in [0, 0.1) is 13.8 Å². The van der Waals surface area contributed by atoms with Crippen LogP contribution in [0.4, 0.5) is 0 Å². The zero-order chi connectivity index (χ0) is 15.8. The van der Waals surface area contributed by atoms with E-state index in [0.29, 0.717) is 22.3 Å². The molecule has 0 heterocycles. The first-order valence-electron chi connectivity index (χ1n) is 6.88. The van der Waals surface area contributed by atoms with Gasteiger partial charge in [0.1, 0.15) is 0 Å². The quantitative estimate of drug-likeness (QED) is 0.363. The highest BCUT2D eigenvalue weighted by Gasteiger charge is 2.24. The molecule has 0 saturated heterocycles. The van der Waals surface area contributed by atoms with Crippen LogP contribution in [0.25, 0.3) is 32.7 Å². The lowest BCUT2D eigenvalue weighted by molar-refractivity contribution is 1.43. The Labute approximate surface area is 123 Å². The lowest BCUT2D eigenvalue weighted by Crippen LogP contribution is -2.31. The summed E-state index contributed by atoms with van der Waals surface area (Å²) in [6.45, 7) is 3.46. The first kappa shape index (κ1) is 12.8. The summed E-state index contributed by atoms with van der Waals surface area (Å²) < 4.78 is 0. The SMILES string of the molecule is Cc1cc2c3c(c1)c(=O)c(=O)c1cc(C)cc(c1-3)c(=O)c2=O. The van der Waals surface area contributed by atoms with Crippen molar-refractivity contribution in [3.8, 4) is 11.1 Å². The summed E-state index contributed by atoms with van der Waals surface area (Å²) in [6.07, 6.45) is 0. The molecule has 0 bridgehead atoms. The van der Waals surface area contributed by atoms with Crippen molar-refractivity contribution in [2.75, 3.05) is 0 Å². The number of hydrogen-bond donors (Lipinski definition) is 0. The minimum Gasteiger partial charge on any atom is -0.285 e. The van der Waals surface area contributed by atoms with Crippen LogP contribution in [0.15, 0.2) is 43.4 Å². The van der Waals surface area contributed by atoms with Gasteiger partial charge >= 0.3 is 0 Å². The van der Waals surface area contributed by atoms with Gasteiger partial charge in [0.2, 0.25) is 21.7 Å². The normalized spacial score (nSPS) is 11.9. The van der Waals surface area contributed by atoms with Gasteiger partial charge in [-0.2, -0.15) is 0 Å². The molecule has 4 heteroatoms. The molecule has 2 aliphatic rings. The highest BCUT2D eigenvalue weighted by Crippen LogP contribution is 2.35. The zero-order valence-corrected chi connectivity index (χ0v) is 11.9. The monoisotopic (exact) mass is 290 g/mol. The molecule has 0 aliphatic heterocycles. The molecule has 0 unspecified atom stereocenters. The Kier molecular flexibility index (Phi) is 2.25. The van der Waals surface area contributed by atoms with Gasteiger partial charge in [0.25, 0.3) is 0 Å². The van der Waals surface area contributed by atoms with Crippen molar-refractivity contribution in [2.45, 2.75) is 13.8 Å². The molecule has 0 saturated carbocycles. The van der Waals surface area contributed by atoms with E-state index in [-0.39, 0.29) is 21.5 Å². The van der Waals surface area contributed by atoms with Gasteiger partial charge in [0.05, 0.1) is 0 Å². The predicted molar refractivity (Wildman–Crippen MR) is 86.2 cm³/mol. The third-order valence-electron chi connectivity index (χ3n) is 4.21. The van der Waals surface area contributed by atoms with E-state index in [9.17, 15) is 19.2 Å². The first-order valence-corrected chi connectivity index (χ1v) is 6.88. The number of benzene rings is 4. The summed E-state index contributed by atoms with van der Waals surface area (Å²) in [4.78, 5) is 49.5. The summed E-state index contributed by atoms with van der Waals surface area (Å²) >= 11 is 0. The topological polar surface area (TPSA) is 68.3 Å². The lowest BCUT2D eigenvalue weighted by atomic mass is 9.85. The molecule has 0 spiro atoms. The van der Waals surface area contributed by atoms with Gasteiger partial charge in [0.15, 0.2) is 0 Å². The van der Waals surface area contributed by atoms with Crippen molar-refractivity contribution in [1.29, 1.82) is 0 Å². The van der Waals surface area contributed by atoms with E-state index in [4.69, 9.17) is 0 Å². The van der Waals surface area contributed by atoms with Crippen LogP contribution in [0.5, 0.6) is 0 Å². The molecule has 106 valence electrons. The molecule has 0 radical (unpaired) electrons. The van der Waals surface area contributed by atoms with E-state index >= 15 is 0 Å². The van der Waals surface area contributed by atoms with Crippen molar-refractivity contribution in [3.63, 3.8) is 0 Å². The van der Waals surface area contributed by atoms with Crippen molar-refractivity contribution in [1.82, 2.24) is 0 Å². The van der Waals surface area contributed by atoms with E-state index in [2.05, 4.69) is 0 Å². The van der Waals surface area contributed by atoms with Gasteiger partial charge in [-0.1, -0.05) is 0 Å². The molecule has 4 nitrogen and oxygen atoms in total. The molecule has 2 aromatic rings. The van der Waals surface area contributed by atoms with Gasteiger partial charge in [-0.05, 0) is 49.2 Å². The fraction of sp³-hybridized carbons (Fsp3) is 0.111. The van der Waals surface area contributed by atoms with Crippen LogP contribution >= 0.6 is 0 Å². The average molecular weight is 290 g/mol. The second kappa shape index (κ2) is 3.85. The highest BCUT2D eigenvalue weighted by atomic mass is 16.2. The molecule has 0 amide bonds. The van der Waals surface area contributed by atoms with Crippen molar-refractivity contribution in [2.24, 2.45) is 0 Å². The zero-order valence-electron chi connectivity index (χ0n) is 11.9. The standard InChI is InChI=1S/C18H10O4/c1-7-3-9-13-10(4-7)16(20)18(22)12-6-8(2)5-11(14(12)13)17(21)15(9)19/h3-6H,1-2H3. The Morgan fingerprint density at radius 3 is 0.955 bits per heavy atom. The molecule has 0 atom stereocenters. The second-order valence-electron chi connectivity index (χ2n) is 5.79. The largest absolute Gasteiger partial charge is 0.285 e. The predicted octanol–water partition coefficient (Wildman–Crippen LogP) is 1.47. The molecule has 2 aliphatic carbocycles. The lowest BCUT2D eigenvalue weighted by Gasteiger charge is -2.15. The number of hydrogen-bond acceptors (Lipinski definition) is 4. The van der Waals surface area contributed by atoms with E-state index in [1.165, 1.54) is 0 Å². The summed E-state index contributed by atoms with van der Waals surface area (Å²) in [5.41, 5.74) is -0.255.